The van der Waals surface area contributed by atoms with E-state index in [-0.39, 0.29) is 17.1 Å². The molecule has 0 saturated heterocycles. The number of hydrogen-bond acceptors (Lipinski definition) is 4. The number of anilines is 1. The molecule has 2 rings (SSSR count). The highest BCUT2D eigenvalue weighted by molar-refractivity contribution is 6.02. The van der Waals surface area contributed by atoms with Crippen LogP contribution in [-0.4, -0.2) is 21.1 Å². The van der Waals surface area contributed by atoms with Gasteiger partial charge in [0.2, 0.25) is 5.95 Å². The van der Waals surface area contributed by atoms with Gasteiger partial charge in [0.1, 0.15) is 23.1 Å². The van der Waals surface area contributed by atoms with Crippen molar-refractivity contribution in [1.29, 1.82) is 5.26 Å². The lowest BCUT2D eigenvalue weighted by Gasteiger charge is -2.01. The summed E-state index contributed by atoms with van der Waals surface area (Å²) in [6.45, 7) is 0. The summed E-state index contributed by atoms with van der Waals surface area (Å²) in [7, 11) is 0. The third kappa shape index (κ3) is 2.26. The number of hydrogen-bond donors (Lipinski definition) is 2. The third-order valence-electron chi connectivity index (χ3n) is 1.95. The monoisotopic (exact) mass is 231 g/mol. The fraction of sp³-hybridized carbons (Fsp3) is 0. The van der Waals surface area contributed by atoms with E-state index in [1.54, 1.807) is 0 Å². The highest BCUT2D eigenvalue weighted by atomic mass is 19.1. The summed E-state index contributed by atoms with van der Waals surface area (Å²) in [4.78, 5) is 15.0. The van der Waals surface area contributed by atoms with Crippen LogP contribution in [-0.2, 0) is 0 Å². The molecule has 7 heteroatoms. The fourth-order valence-corrected chi connectivity index (χ4v) is 1.18. The van der Waals surface area contributed by atoms with Gasteiger partial charge in [-0.15, -0.1) is 0 Å². The molecule has 0 saturated carbocycles. The molecule has 2 aromatic rings. The maximum Gasteiger partial charge on any atom is 0.275 e. The zero-order valence-electron chi connectivity index (χ0n) is 8.44. The second kappa shape index (κ2) is 4.40. The van der Waals surface area contributed by atoms with Crippen LogP contribution in [0.3, 0.4) is 0 Å². The van der Waals surface area contributed by atoms with Crippen molar-refractivity contribution < 1.29 is 9.18 Å². The zero-order valence-corrected chi connectivity index (χ0v) is 8.44. The number of carbonyl (C=O) groups excluding carboxylic acids is 1. The average molecular weight is 231 g/mol. The Morgan fingerprint density at radius 1 is 1.53 bits per heavy atom. The van der Waals surface area contributed by atoms with Crippen molar-refractivity contribution in [3.63, 3.8) is 0 Å². The number of carbonyl (C=O) groups is 1. The summed E-state index contributed by atoms with van der Waals surface area (Å²) >= 11 is 0. The number of amides is 1. The number of aromatic nitrogens is 3. The van der Waals surface area contributed by atoms with Crippen LogP contribution in [0.15, 0.2) is 24.4 Å². The van der Waals surface area contributed by atoms with Gasteiger partial charge in [0.25, 0.3) is 5.91 Å². The van der Waals surface area contributed by atoms with Gasteiger partial charge in [-0.1, -0.05) is 6.07 Å². The Kier molecular flexibility index (Phi) is 2.79. The second-order valence-electron chi connectivity index (χ2n) is 3.07. The molecule has 2 N–H and O–H groups in total. The number of halogens is 1. The molecule has 0 unspecified atom stereocenters. The second-order valence-corrected chi connectivity index (χ2v) is 3.07. The Hall–Kier alpha value is -2.75. The summed E-state index contributed by atoms with van der Waals surface area (Å²) in [5, 5.41) is 17.1. The predicted molar refractivity (Wildman–Crippen MR) is 55.5 cm³/mol. The van der Waals surface area contributed by atoms with Crippen LogP contribution in [0.4, 0.5) is 10.2 Å². The predicted octanol–water partition coefficient (Wildman–Crippen LogP) is 1.07. The van der Waals surface area contributed by atoms with E-state index in [1.165, 1.54) is 18.3 Å². The minimum absolute atomic E-state index is 0.0801. The van der Waals surface area contributed by atoms with Gasteiger partial charge in [-0.3, -0.25) is 9.89 Å². The van der Waals surface area contributed by atoms with Gasteiger partial charge in [-0.25, -0.2) is 4.98 Å². The minimum atomic E-state index is -0.747. The molecule has 6 nitrogen and oxygen atoms in total. The summed E-state index contributed by atoms with van der Waals surface area (Å²) in [5.74, 6) is -1.21. The molecule has 0 aliphatic carbocycles. The van der Waals surface area contributed by atoms with Crippen LogP contribution >= 0.6 is 0 Å². The van der Waals surface area contributed by atoms with Gasteiger partial charge in [-0.05, 0) is 12.1 Å². The molecule has 17 heavy (non-hydrogen) atoms. The molecule has 0 bridgehead atoms. The molecule has 0 atom stereocenters. The lowest BCUT2D eigenvalue weighted by molar-refractivity contribution is 0.102. The lowest BCUT2D eigenvalue weighted by Crippen LogP contribution is -2.15. The Balaban J connectivity index is 2.21. The van der Waals surface area contributed by atoms with E-state index < -0.39 is 11.9 Å². The van der Waals surface area contributed by atoms with Gasteiger partial charge >= 0.3 is 0 Å². The van der Waals surface area contributed by atoms with Crippen molar-refractivity contribution in [2.45, 2.75) is 0 Å². The Labute approximate surface area is 95.1 Å². The third-order valence-corrected chi connectivity index (χ3v) is 1.95. The van der Waals surface area contributed by atoms with Crippen molar-refractivity contribution in [3.05, 3.63) is 41.6 Å². The first-order chi connectivity index (χ1) is 8.20. The average Bonchev–Trinajstić information content (AvgIpc) is 2.76. The van der Waals surface area contributed by atoms with E-state index in [2.05, 4.69) is 20.5 Å². The summed E-state index contributed by atoms with van der Waals surface area (Å²) in [5.41, 5.74) is 0.109. The number of pyridine rings is 1. The highest BCUT2D eigenvalue weighted by Crippen LogP contribution is 2.10. The fourth-order valence-electron chi connectivity index (χ4n) is 1.18. The van der Waals surface area contributed by atoms with Crippen molar-refractivity contribution in [2.24, 2.45) is 0 Å². The SMILES string of the molecule is N#Cc1cn[nH]c1NC(=O)c1cccc(F)n1. The first kappa shape index (κ1) is 10.8. The van der Waals surface area contributed by atoms with E-state index in [4.69, 9.17) is 5.26 Å². The number of H-pyrrole nitrogens is 1. The Morgan fingerprint density at radius 2 is 2.35 bits per heavy atom. The highest BCUT2D eigenvalue weighted by Gasteiger charge is 2.12. The number of aromatic amines is 1. The van der Waals surface area contributed by atoms with Crippen LogP contribution in [0.25, 0.3) is 0 Å². The van der Waals surface area contributed by atoms with Crippen molar-refractivity contribution in [2.75, 3.05) is 5.32 Å². The number of rotatable bonds is 2. The van der Waals surface area contributed by atoms with Crippen molar-refractivity contribution in [3.8, 4) is 6.07 Å². The summed E-state index contributed by atoms with van der Waals surface area (Å²) in [6.07, 6.45) is 1.27. The van der Waals surface area contributed by atoms with E-state index in [0.29, 0.717) is 0 Å². The van der Waals surface area contributed by atoms with E-state index in [1.807, 2.05) is 6.07 Å². The van der Waals surface area contributed by atoms with Gasteiger partial charge < -0.3 is 5.32 Å². The standard InChI is InChI=1S/C10H6FN5O/c11-8-3-1-2-7(14-8)10(17)15-9-6(4-12)5-13-16-9/h1-3,5H,(H2,13,15,16,17). The smallest absolute Gasteiger partial charge is 0.275 e. The largest absolute Gasteiger partial charge is 0.304 e. The molecular formula is C10H6FN5O. The molecule has 1 amide bonds. The molecule has 2 aromatic heterocycles. The number of nitriles is 1. The lowest BCUT2D eigenvalue weighted by atomic mass is 10.3. The van der Waals surface area contributed by atoms with Crippen LogP contribution < -0.4 is 5.32 Å². The Morgan fingerprint density at radius 3 is 3.06 bits per heavy atom. The van der Waals surface area contributed by atoms with Crippen LogP contribution in [0.1, 0.15) is 16.1 Å². The van der Waals surface area contributed by atoms with E-state index in [0.717, 1.165) is 6.07 Å². The van der Waals surface area contributed by atoms with Gasteiger partial charge in [0, 0.05) is 0 Å². The maximum atomic E-state index is 12.8. The maximum absolute atomic E-state index is 12.8. The zero-order chi connectivity index (χ0) is 12.3. The number of nitrogens with zero attached hydrogens (tertiary/aromatic N) is 3. The topological polar surface area (TPSA) is 94.5 Å². The minimum Gasteiger partial charge on any atom is -0.304 e. The molecule has 0 spiro atoms. The summed E-state index contributed by atoms with van der Waals surface area (Å²) in [6, 6.07) is 5.71. The van der Waals surface area contributed by atoms with Gasteiger partial charge in [0.05, 0.1) is 6.20 Å². The molecule has 0 aliphatic rings. The van der Waals surface area contributed by atoms with Gasteiger partial charge in [0.15, 0.2) is 0 Å². The normalized spacial score (nSPS) is 9.65. The van der Waals surface area contributed by atoms with E-state index in [9.17, 15) is 9.18 Å². The van der Waals surface area contributed by atoms with E-state index >= 15 is 0 Å². The molecule has 0 aliphatic heterocycles. The molecule has 0 radical (unpaired) electrons. The van der Waals surface area contributed by atoms with Gasteiger partial charge in [-0.2, -0.15) is 14.8 Å². The number of nitrogens with one attached hydrogen (secondary N) is 2. The summed E-state index contributed by atoms with van der Waals surface area (Å²) < 4.78 is 12.8. The first-order valence-corrected chi connectivity index (χ1v) is 4.58. The molecular weight excluding hydrogens is 225 g/mol. The Bertz CT molecular complexity index is 601. The molecule has 0 fully saturated rings. The molecule has 0 aromatic carbocycles. The van der Waals surface area contributed by atoms with Crippen molar-refractivity contribution in [1.82, 2.24) is 15.2 Å². The van der Waals surface area contributed by atoms with Crippen LogP contribution in [0.2, 0.25) is 0 Å². The molecule has 84 valence electrons. The van der Waals surface area contributed by atoms with Crippen molar-refractivity contribution >= 4 is 11.7 Å². The molecule has 2 heterocycles. The van der Waals surface area contributed by atoms with Crippen LogP contribution in [0.5, 0.6) is 0 Å². The first-order valence-electron chi connectivity index (χ1n) is 4.58. The quantitative estimate of drug-likeness (QED) is 0.755. The van der Waals surface area contributed by atoms with Crippen LogP contribution in [0, 0.1) is 17.3 Å².